The molecule has 0 atom stereocenters. The molecule has 0 aliphatic carbocycles. The van der Waals surface area contributed by atoms with Gasteiger partial charge >= 0.3 is 0 Å². The molecule has 0 aromatic heterocycles. The van der Waals surface area contributed by atoms with E-state index in [1.807, 2.05) is 0 Å². The Bertz CT molecular complexity index is 187. The van der Waals surface area contributed by atoms with Crippen LogP contribution in [0.4, 0.5) is 0 Å². The van der Waals surface area contributed by atoms with Gasteiger partial charge in [-0.15, -0.1) is 0 Å². The van der Waals surface area contributed by atoms with Crippen LogP contribution in [0.3, 0.4) is 0 Å². The first-order valence-corrected chi connectivity index (χ1v) is 2.89. The van der Waals surface area contributed by atoms with Crippen LogP contribution in [0.15, 0.2) is 36.1 Å². The second-order valence-electron chi connectivity index (χ2n) is 1.66. The summed E-state index contributed by atoms with van der Waals surface area (Å²) in [4.78, 5) is 10.2. The Morgan fingerprint density at radius 1 is 1.60 bits per heavy atom. The van der Waals surface area contributed by atoms with Gasteiger partial charge in [-0.05, 0) is 13.0 Å². The van der Waals surface area contributed by atoms with Crippen LogP contribution in [-0.2, 0) is 4.79 Å². The third kappa shape index (κ3) is 2.31. The van der Waals surface area contributed by atoms with Gasteiger partial charge in [-0.25, -0.2) is 0 Å². The van der Waals surface area contributed by atoms with Crippen LogP contribution in [-0.4, -0.2) is 11.4 Å². The number of carbonyl (C=O) groups excluding carboxylic acids is 1. The summed E-state index contributed by atoms with van der Waals surface area (Å²) in [5.41, 5.74) is 0.248. The number of carbonyl (C=O) groups is 1. The molecule has 10 heavy (non-hydrogen) atoms. The van der Waals surface area contributed by atoms with Crippen molar-refractivity contribution in [1.82, 2.24) is 0 Å². The molecule has 1 N–H and O–H groups in total. The fourth-order valence-corrected chi connectivity index (χ4v) is 0.482. The van der Waals surface area contributed by atoms with Crippen molar-refractivity contribution in [1.29, 1.82) is 0 Å². The summed E-state index contributed by atoms with van der Waals surface area (Å²) in [5.74, 6) is -0.0897. The van der Waals surface area contributed by atoms with E-state index in [1.165, 1.54) is 12.2 Å². The summed E-state index contributed by atoms with van der Waals surface area (Å²) < 4.78 is 0. The lowest BCUT2D eigenvalue weighted by Crippen LogP contribution is -1.85. The highest BCUT2D eigenvalue weighted by atomic mass is 16.3. The molecule has 0 unspecified atom stereocenters. The van der Waals surface area contributed by atoms with Crippen molar-refractivity contribution < 1.29 is 9.90 Å². The second-order valence-corrected chi connectivity index (χ2v) is 1.66. The fourth-order valence-electron chi connectivity index (χ4n) is 0.482. The molecule has 0 saturated carbocycles. The predicted molar refractivity (Wildman–Crippen MR) is 40.7 cm³/mol. The molecular weight excluding hydrogens is 128 g/mol. The minimum Gasteiger partial charge on any atom is -0.507 e. The van der Waals surface area contributed by atoms with Crippen molar-refractivity contribution in [3.05, 3.63) is 36.1 Å². The van der Waals surface area contributed by atoms with E-state index in [1.54, 1.807) is 13.0 Å². The van der Waals surface area contributed by atoms with Gasteiger partial charge in [-0.2, -0.15) is 0 Å². The minimum absolute atomic E-state index is 0.0897. The zero-order valence-corrected chi connectivity index (χ0v) is 5.87. The predicted octanol–water partition coefficient (Wildman–Crippen LogP) is 1.76. The van der Waals surface area contributed by atoms with E-state index < -0.39 is 0 Å². The quantitative estimate of drug-likeness (QED) is 0.279. The van der Waals surface area contributed by atoms with Gasteiger partial charge in [0.05, 0.1) is 5.57 Å². The highest BCUT2D eigenvalue weighted by molar-refractivity contribution is 5.78. The molecule has 0 radical (unpaired) electrons. The zero-order chi connectivity index (χ0) is 7.98. The number of hydrogen-bond acceptors (Lipinski definition) is 2. The van der Waals surface area contributed by atoms with Crippen LogP contribution in [0, 0.1) is 0 Å². The molecule has 54 valence electrons. The van der Waals surface area contributed by atoms with Crippen molar-refractivity contribution in [3.8, 4) is 0 Å². The van der Waals surface area contributed by atoms with Gasteiger partial charge in [-0.1, -0.05) is 18.7 Å². The lowest BCUT2D eigenvalue weighted by Gasteiger charge is -1.91. The Kier molecular flexibility index (Phi) is 3.96. The molecule has 0 amide bonds. The minimum atomic E-state index is -0.0897. The Morgan fingerprint density at radius 2 is 2.20 bits per heavy atom. The largest absolute Gasteiger partial charge is 0.507 e. The molecule has 0 fully saturated rings. The topological polar surface area (TPSA) is 37.3 Å². The standard InChI is InChI=1S/C8H10O2/c1-3-5-7(6-9)8(10)4-2/h3-6,10H,2H2,1H3/b5-3-,8-7-. The summed E-state index contributed by atoms with van der Waals surface area (Å²) in [6.07, 6.45) is 4.99. The monoisotopic (exact) mass is 138 g/mol. The van der Waals surface area contributed by atoms with Gasteiger partial charge in [0.2, 0.25) is 0 Å². The highest BCUT2D eigenvalue weighted by Crippen LogP contribution is 2.00. The maximum absolute atomic E-state index is 10.2. The van der Waals surface area contributed by atoms with Gasteiger partial charge in [0, 0.05) is 0 Å². The van der Waals surface area contributed by atoms with Crippen molar-refractivity contribution in [2.24, 2.45) is 0 Å². The smallest absolute Gasteiger partial charge is 0.153 e. The number of aliphatic hydroxyl groups is 1. The second kappa shape index (κ2) is 4.56. The number of rotatable bonds is 3. The van der Waals surface area contributed by atoms with Gasteiger partial charge in [0.15, 0.2) is 6.29 Å². The van der Waals surface area contributed by atoms with E-state index in [0.717, 1.165) is 0 Å². The first kappa shape index (κ1) is 8.69. The summed E-state index contributed by atoms with van der Waals surface area (Å²) in [7, 11) is 0. The average Bonchev–Trinajstić information content (AvgIpc) is 1.99. The van der Waals surface area contributed by atoms with Gasteiger partial charge in [0.1, 0.15) is 5.76 Å². The van der Waals surface area contributed by atoms with E-state index in [-0.39, 0.29) is 11.3 Å². The SMILES string of the molecule is C=C/C(O)=C(C=O)\C=C/C. The summed E-state index contributed by atoms with van der Waals surface area (Å²) in [6, 6.07) is 0. The molecule has 0 heterocycles. The maximum Gasteiger partial charge on any atom is 0.153 e. The fraction of sp³-hybridized carbons (Fsp3) is 0.125. The normalized spacial score (nSPS) is 12.9. The van der Waals surface area contributed by atoms with Crippen molar-refractivity contribution in [2.75, 3.05) is 0 Å². The third-order valence-corrected chi connectivity index (χ3v) is 0.962. The molecule has 0 saturated heterocycles. The van der Waals surface area contributed by atoms with Gasteiger partial charge < -0.3 is 5.11 Å². The Balaban J connectivity index is 4.61. The van der Waals surface area contributed by atoms with Gasteiger partial charge in [0.25, 0.3) is 0 Å². The molecule has 0 aromatic rings. The number of allylic oxidation sites excluding steroid dienone is 4. The lowest BCUT2D eigenvalue weighted by atomic mass is 10.2. The number of aliphatic hydroxyl groups excluding tert-OH is 1. The Morgan fingerprint density at radius 3 is 2.50 bits per heavy atom. The highest BCUT2D eigenvalue weighted by Gasteiger charge is 1.93. The molecule has 2 nitrogen and oxygen atoms in total. The maximum atomic E-state index is 10.2. The Hall–Kier alpha value is -1.31. The van der Waals surface area contributed by atoms with Crippen LogP contribution in [0.1, 0.15) is 6.92 Å². The lowest BCUT2D eigenvalue weighted by molar-refractivity contribution is -0.104. The number of hydrogen-bond donors (Lipinski definition) is 1. The van der Waals surface area contributed by atoms with E-state index >= 15 is 0 Å². The molecule has 0 aliphatic rings. The van der Waals surface area contributed by atoms with Crippen molar-refractivity contribution in [3.63, 3.8) is 0 Å². The molecule has 0 rings (SSSR count). The van der Waals surface area contributed by atoms with Crippen LogP contribution in [0.2, 0.25) is 0 Å². The summed E-state index contributed by atoms with van der Waals surface area (Å²) >= 11 is 0. The van der Waals surface area contributed by atoms with E-state index in [0.29, 0.717) is 6.29 Å². The Labute approximate surface area is 60.2 Å². The molecule has 0 spiro atoms. The van der Waals surface area contributed by atoms with E-state index in [9.17, 15) is 4.79 Å². The number of aldehydes is 1. The van der Waals surface area contributed by atoms with Crippen LogP contribution >= 0.6 is 0 Å². The van der Waals surface area contributed by atoms with E-state index in [4.69, 9.17) is 5.11 Å². The van der Waals surface area contributed by atoms with Crippen LogP contribution in [0.25, 0.3) is 0 Å². The molecule has 0 aliphatic heterocycles. The average molecular weight is 138 g/mol. The zero-order valence-electron chi connectivity index (χ0n) is 5.87. The van der Waals surface area contributed by atoms with Crippen molar-refractivity contribution >= 4 is 6.29 Å². The van der Waals surface area contributed by atoms with E-state index in [2.05, 4.69) is 6.58 Å². The van der Waals surface area contributed by atoms with Gasteiger partial charge in [-0.3, -0.25) is 4.79 Å². The molecule has 0 aromatic carbocycles. The first-order valence-electron chi connectivity index (χ1n) is 2.89. The van der Waals surface area contributed by atoms with Crippen LogP contribution in [0.5, 0.6) is 0 Å². The summed E-state index contributed by atoms with van der Waals surface area (Å²) in [5, 5.41) is 8.93. The molecular formula is C8H10O2. The van der Waals surface area contributed by atoms with Crippen molar-refractivity contribution in [2.45, 2.75) is 6.92 Å². The first-order chi connectivity index (χ1) is 4.76. The van der Waals surface area contributed by atoms with Crippen LogP contribution < -0.4 is 0 Å². The third-order valence-electron chi connectivity index (χ3n) is 0.962. The molecule has 0 bridgehead atoms. The summed E-state index contributed by atoms with van der Waals surface area (Å²) in [6.45, 7) is 5.07. The molecule has 2 heteroatoms.